The van der Waals surface area contributed by atoms with Crippen LogP contribution in [0.1, 0.15) is 46.5 Å². The number of phenols is 1. The quantitative estimate of drug-likeness (QED) is 0.838. The molecule has 0 radical (unpaired) electrons. The van der Waals surface area contributed by atoms with Crippen molar-refractivity contribution in [3.63, 3.8) is 0 Å². The standard InChI is InChI=1S/C19H26ClNO3/c1-4-13-11-5-7-14(13)16(9-11)21-18(23)19(2,3)24-17-8-6-12(22)10-15(17)20/h6,8,10-11,13-14,16,22H,4-5,7,9H2,1-3H3,(H,21,23). The first-order valence-electron chi connectivity index (χ1n) is 8.80. The van der Waals surface area contributed by atoms with Crippen molar-refractivity contribution in [1.29, 1.82) is 0 Å². The van der Waals surface area contributed by atoms with Crippen molar-refractivity contribution in [2.24, 2.45) is 17.8 Å². The first kappa shape index (κ1) is 17.4. The lowest BCUT2D eigenvalue weighted by Gasteiger charge is -2.30. The van der Waals surface area contributed by atoms with Crippen molar-refractivity contribution in [1.82, 2.24) is 5.32 Å². The van der Waals surface area contributed by atoms with E-state index in [1.54, 1.807) is 19.9 Å². The highest BCUT2D eigenvalue weighted by molar-refractivity contribution is 6.32. The van der Waals surface area contributed by atoms with Crippen LogP contribution in [0, 0.1) is 17.8 Å². The number of carbonyl (C=O) groups is 1. The third kappa shape index (κ3) is 3.21. The van der Waals surface area contributed by atoms with Crippen LogP contribution in [0.25, 0.3) is 0 Å². The number of rotatable bonds is 5. The minimum atomic E-state index is -1.02. The molecule has 4 nitrogen and oxygen atoms in total. The highest BCUT2D eigenvalue weighted by Crippen LogP contribution is 2.50. The van der Waals surface area contributed by atoms with E-state index in [1.165, 1.54) is 31.4 Å². The molecule has 2 aliphatic rings. The number of hydrogen-bond donors (Lipinski definition) is 2. The molecule has 132 valence electrons. The highest BCUT2D eigenvalue weighted by Gasteiger charge is 2.48. The molecular weight excluding hydrogens is 326 g/mol. The van der Waals surface area contributed by atoms with Gasteiger partial charge in [0.1, 0.15) is 11.5 Å². The predicted octanol–water partition coefficient (Wildman–Crippen LogP) is 4.14. The number of amides is 1. The molecule has 3 rings (SSSR count). The molecule has 2 saturated carbocycles. The zero-order valence-corrected chi connectivity index (χ0v) is 15.3. The van der Waals surface area contributed by atoms with Gasteiger partial charge in [0.05, 0.1) is 5.02 Å². The Morgan fingerprint density at radius 2 is 2.17 bits per heavy atom. The van der Waals surface area contributed by atoms with Gasteiger partial charge in [0, 0.05) is 12.1 Å². The Hall–Kier alpha value is -1.42. The van der Waals surface area contributed by atoms with Crippen LogP contribution in [0.4, 0.5) is 0 Å². The van der Waals surface area contributed by atoms with E-state index in [4.69, 9.17) is 16.3 Å². The van der Waals surface area contributed by atoms with Gasteiger partial charge < -0.3 is 15.2 Å². The first-order valence-corrected chi connectivity index (χ1v) is 9.18. The number of hydrogen-bond acceptors (Lipinski definition) is 3. The van der Waals surface area contributed by atoms with Gasteiger partial charge in [0.2, 0.25) is 0 Å². The molecule has 2 N–H and O–H groups in total. The Balaban J connectivity index is 1.65. The van der Waals surface area contributed by atoms with Gasteiger partial charge in [0.15, 0.2) is 5.60 Å². The summed E-state index contributed by atoms with van der Waals surface area (Å²) in [4.78, 5) is 12.7. The van der Waals surface area contributed by atoms with Crippen LogP contribution in [0.2, 0.25) is 5.02 Å². The number of ether oxygens (including phenoxy) is 1. The summed E-state index contributed by atoms with van der Waals surface area (Å²) in [5.74, 6) is 2.49. The molecule has 1 aromatic carbocycles. The number of benzene rings is 1. The van der Waals surface area contributed by atoms with Gasteiger partial charge in [-0.15, -0.1) is 0 Å². The van der Waals surface area contributed by atoms with Crippen LogP contribution in [0.3, 0.4) is 0 Å². The molecule has 0 saturated heterocycles. The van der Waals surface area contributed by atoms with E-state index in [-0.39, 0.29) is 17.7 Å². The van der Waals surface area contributed by atoms with Crippen molar-refractivity contribution in [3.8, 4) is 11.5 Å². The lowest BCUT2D eigenvalue weighted by atomic mass is 9.92. The predicted molar refractivity (Wildman–Crippen MR) is 94.4 cm³/mol. The molecule has 0 aromatic heterocycles. The zero-order chi connectivity index (χ0) is 17.5. The van der Waals surface area contributed by atoms with Gasteiger partial charge in [-0.1, -0.05) is 24.9 Å². The molecule has 0 heterocycles. The molecule has 4 unspecified atom stereocenters. The van der Waals surface area contributed by atoms with Crippen LogP contribution in [0.15, 0.2) is 18.2 Å². The van der Waals surface area contributed by atoms with E-state index in [2.05, 4.69) is 12.2 Å². The SMILES string of the molecule is CCC1C2CCC1C(NC(=O)C(C)(C)Oc1ccc(O)cc1Cl)C2. The summed E-state index contributed by atoms with van der Waals surface area (Å²) in [6.07, 6.45) is 4.81. The van der Waals surface area contributed by atoms with E-state index in [0.717, 1.165) is 18.3 Å². The summed E-state index contributed by atoms with van der Waals surface area (Å²) < 4.78 is 5.84. The molecular formula is C19H26ClNO3. The maximum Gasteiger partial charge on any atom is 0.263 e. The van der Waals surface area contributed by atoms with Gasteiger partial charge in [-0.3, -0.25) is 4.79 Å². The van der Waals surface area contributed by atoms with E-state index < -0.39 is 5.60 Å². The van der Waals surface area contributed by atoms with Gasteiger partial charge in [-0.05, 0) is 63.0 Å². The molecule has 1 aromatic rings. The van der Waals surface area contributed by atoms with Crippen molar-refractivity contribution in [2.45, 2.75) is 58.1 Å². The zero-order valence-electron chi connectivity index (χ0n) is 14.5. The Morgan fingerprint density at radius 3 is 2.79 bits per heavy atom. The normalized spacial score (nSPS) is 28.8. The molecule has 0 aliphatic heterocycles. The number of nitrogens with one attached hydrogen (secondary N) is 1. The highest BCUT2D eigenvalue weighted by atomic mass is 35.5. The van der Waals surface area contributed by atoms with Crippen molar-refractivity contribution < 1.29 is 14.6 Å². The maximum atomic E-state index is 12.7. The lowest BCUT2D eigenvalue weighted by molar-refractivity contribution is -0.135. The van der Waals surface area contributed by atoms with Gasteiger partial charge in [-0.2, -0.15) is 0 Å². The third-order valence-corrected chi connectivity index (χ3v) is 6.01. The molecule has 2 aliphatic carbocycles. The summed E-state index contributed by atoms with van der Waals surface area (Å²) in [6.45, 7) is 5.74. The monoisotopic (exact) mass is 351 g/mol. The largest absolute Gasteiger partial charge is 0.508 e. The summed E-state index contributed by atoms with van der Waals surface area (Å²) in [7, 11) is 0. The second-order valence-corrected chi connectivity index (χ2v) is 8.02. The van der Waals surface area contributed by atoms with E-state index >= 15 is 0 Å². The summed E-state index contributed by atoms with van der Waals surface area (Å²) in [5, 5.41) is 12.9. The Bertz CT molecular complexity index is 631. The fourth-order valence-corrected chi connectivity index (χ4v) is 4.73. The lowest BCUT2D eigenvalue weighted by Crippen LogP contribution is -2.51. The van der Waals surface area contributed by atoms with Gasteiger partial charge >= 0.3 is 0 Å². The third-order valence-electron chi connectivity index (χ3n) is 5.72. The number of phenolic OH excluding ortho intramolecular Hbond substituents is 1. The molecule has 1 amide bonds. The van der Waals surface area contributed by atoms with Crippen LogP contribution in [-0.4, -0.2) is 22.7 Å². The van der Waals surface area contributed by atoms with E-state index in [0.29, 0.717) is 16.7 Å². The molecule has 4 atom stereocenters. The van der Waals surface area contributed by atoms with E-state index in [9.17, 15) is 9.90 Å². The number of carbonyl (C=O) groups excluding carboxylic acids is 1. The van der Waals surface area contributed by atoms with Crippen molar-refractivity contribution in [3.05, 3.63) is 23.2 Å². The minimum absolute atomic E-state index is 0.0715. The van der Waals surface area contributed by atoms with Gasteiger partial charge in [-0.25, -0.2) is 0 Å². The molecule has 2 bridgehead atoms. The molecule has 5 heteroatoms. The topological polar surface area (TPSA) is 58.6 Å². The van der Waals surface area contributed by atoms with Crippen LogP contribution < -0.4 is 10.1 Å². The second kappa shape index (κ2) is 6.47. The van der Waals surface area contributed by atoms with Gasteiger partial charge in [0.25, 0.3) is 5.91 Å². The Labute approximate surface area is 148 Å². The van der Waals surface area contributed by atoms with Crippen molar-refractivity contribution in [2.75, 3.05) is 0 Å². The summed E-state index contributed by atoms with van der Waals surface area (Å²) >= 11 is 6.08. The fraction of sp³-hybridized carbons (Fsp3) is 0.632. The smallest absolute Gasteiger partial charge is 0.263 e. The Morgan fingerprint density at radius 1 is 1.42 bits per heavy atom. The average molecular weight is 352 g/mol. The summed E-state index contributed by atoms with van der Waals surface area (Å²) in [5.41, 5.74) is -1.02. The average Bonchev–Trinajstić information content (AvgIpc) is 3.06. The number of fused-ring (bicyclic) bond motifs is 2. The second-order valence-electron chi connectivity index (χ2n) is 7.62. The minimum Gasteiger partial charge on any atom is -0.508 e. The first-order chi connectivity index (χ1) is 11.3. The number of aromatic hydroxyl groups is 1. The van der Waals surface area contributed by atoms with E-state index in [1.807, 2.05) is 0 Å². The fourth-order valence-electron chi connectivity index (χ4n) is 4.52. The maximum absolute atomic E-state index is 12.7. The van der Waals surface area contributed by atoms with Crippen LogP contribution >= 0.6 is 11.6 Å². The molecule has 2 fully saturated rings. The van der Waals surface area contributed by atoms with Crippen LogP contribution in [0.5, 0.6) is 11.5 Å². The number of halogens is 1. The van der Waals surface area contributed by atoms with Crippen LogP contribution in [-0.2, 0) is 4.79 Å². The molecule has 24 heavy (non-hydrogen) atoms. The summed E-state index contributed by atoms with van der Waals surface area (Å²) in [6, 6.07) is 4.75. The molecule has 0 spiro atoms. The Kier molecular flexibility index (Phi) is 4.69. The van der Waals surface area contributed by atoms with Crippen molar-refractivity contribution >= 4 is 17.5 Å².